The maximum Gasteiger partial charge on any atom is 0.270 e. The predicted octanol–water partition coefficient (Wildman–Crippen LogP) is 6.09. The van der Waals surface area contributed by atoms with Crippen LogP contribution < -0.4 is 0 Å². The maximum absolute atomic E-state index is 11.4. The van der Waals surface area contributed by atoms with E-state index >= 15 is 0 Å². The van der Waals surface area contributed by atoms with Crippen molar-refractivity contribution in [3.63, 3.8) is 0 Å². The van der Waals surface area contributed by atoms with Crippen molar-refractivity contribution in [3.05, 3.63) is 142 Å². The zero-order valence-electron chi connectivity index (χ0n) is 17.6. The SMILES string of the molecule is Cc1nn(C(c2ccccc2)(c2ccccc2)c2ccccc2)c2ccc([N+](=O)[O-])cc12. The molecular weight excluding hydrogens is 398 g/mol. The van der Waals surface area contributed by atoms with E-state index in [-0.39, 0.29) is 10.6 Å². The molecule has 0 aliphatic carbocycles. The number of fused-ring (bicyclic) bond motifs is 1. The van der Waals surface area contributed by atoms with Crippen LogP contribution in [0.2, 0.25) is 0 Å². The molecule has 0 bridgehead atoms. The highest BCUT2D eigenvalue weighted by Crippen LogP contribution is 2.42. The van der Waals surface area contributed by atoms with Gasteiger partial charge >= 0.3 is 0 Å². The molecule has 0 aliphatic heterocycles. The van der Waals surface area contributed by atoms with Gasteiger partial charge in [-0.05, 0) is 29.7 Å². The average molecular weight is 419 g/mol. The Hall–Kier alpha value is -4.25. The van der Waals surface area contributed by atoms with E-state index in [1.165, 1.54) is 0 Å². The van der Waals surface area contributed by atoms with Crippen LogP contribution in [0.25, 0.3) is 10.9 Å². The number of benzene rings is 4. The number of nitro benzene ring substituents is 1. The minimum Gasteiger partial charge on any atom is -0.258 e. The Bertz CT molecular complexity index is 1300. The van der Waals surface area contributed by atoms with Crippen LogP contribution in [0, 0.1) is 17.0 Å². The van der Waals surface area contributed by atoms with E-state index in [2.05, 4.69) is 36.4 Å². The number of hydrogen-bond acceptors (Lipinski definition) is 3. The van der Waals surface area contributed by atoms with Crippen molar-refractivity contribution < 1.29 is 4.92 Å². The molecule has 32 heavy (non-hydrogen) atoms. The zero-order chi connectivity index (χ0) is 22.1. The number of hydrogen-bond donors (Lipinski definition) is 0. The predicted molar refractivity (Wildman–Crippen MR) is 126 cm³/mol. The molecule has 0 saturated carbocycles. The third-order valence-corrected chi connectivity index (χ3v) is 5.95. The highest BCUT2D eigenvalue weighted by Gasteiger charge is 2.40. The number of nitro groups is 1. The van der Waals surface area contributed by atoms with Gasteiger partial charge in [0, 0.05) is 17.5 Å². The molecule has 5 heteroatoms. The fourth-order valence-corrected chi connectivity index (χ4v) is 4.53. The van der Waals surface area contributed by atoms with Gasteiger partial charge in [0.1, 0.15) is 5.54 Å². The average Bonchev–Trinajstić information content (AvgIpc) is 3.18. The van der Waals surface area contributed by atoms with Crippen LogP contribution in [0.3, 0.4) is 0 Å². The normalized spacial score (nSPS) is 11.5. The van der Waals surface area contributed by atoms with Crippen LogP contribution in [0.1, 0.15) is 22.4 Å². The van der Waals surface area contributed by atoms with Gasteiger partial charge in [-0.1, -0.05) is 91.0 Å². The fourth-order valence-electron chi connectivity index (χ4n) is 4.53. The summed E-state index contributed by atoms with van der Waals surface area (Å²) >= 11 is 0. The lowest BCUT2D eigenvalue weighted by Gasteiger charge is -2.37. The molecule has 5 nitrogen and oxygen atoms in total. The van der Waals surface area contributed by atoms with Crippen LogP contribution in [0.4, 0.5) is 5.69 Å². The van der Waals surface area contributed by atoms with Gasteiger partial charge in [0.05, 0.1) is 16.1 Å². The summed E-state index contributed by atoms with van der Waals surface area (Å²) in [5, 5.41) is 17.2. The number of nitrogens with zero attached hydrogens (tertiary/aromatic N) is 3. The molecule has 1 aromatic heterocycles. The number of aryl methyl sites for hydroxylation is 1. The molecule has 1 heterocycles. The Kier molecular flexibility index (Phi) is 4.79. The Morgan fingerprint density at radius 3 is 1.66 bits per heavy atom. The molecule has 0 unspecified atom stereocenters. The van der Waals surface area contributed by atoms with E-state index in [9.17, 15) is 10.1 Å². The minimum atomic E-state index is -0.758. The third kappa shape index (κ3) is 2.98. The minimum absolute atomic E-state index is 0.0601. The van der Waals surface area contributed by atoms with E-state index in [1.807, 2.05) is 66.2 Å². The van der Waals surface area contributed by atoms with E-state index in [0.717, 1.165) is 33.3 Å². The van der Waals surface area contributed by atoms with Crippen molar-refractivity contribution in [3.8, 4) is 0 Å². The molecule has 5 rings (SSSR count). The van der Waals surface area contributed by atoms with Crippen molar-refractivity contribution in [1.82, 2.24) is 9.78 Å². The lowest BCUT2D eigenvalue weighted by atomic mass is 9.77. The molecule has 0 amide bonds. The topological polar surface area (TPSA) is 61.0 Å². The maximum atomic E-state index is 11.4. The Labute approximate surface area is 185 Å². The summed E-state index contributed by atoms with van der Waals surface area (Å²) in [6.45, 7) is 1.90. The van der Waals surface area contributed by atoms with Gasteiger partial charge in [0.25, 0.3) is 5.69 Å². The van der Waals surface area contributed by atoms with Crippen molar-refractivity contribution >= 4 is 16.6 Å². The molecule has 0 atom stereocenters. The van der Waals surface area contributed by atoms with Gasteiger partial charge in [0.15, 0.2) is 0 Å². The monoisotopic (exact) mass is 419 g/mol. The zero-order valence-corrected chi connectivity index (χ0v) is 17.6. The molecule has 0 spiro atoms. The molecule has 5 aromatic rings. The smallest absolute Gasteiger partial charge is 0.258 e. The van der Waals surface area contributed by atoms with Gasteiger partial charge in [-0.25, -0.2) is 4.68 Å². The molecule has 156 valence electrons. The van der Waals surface area contributed by atoms with Crippen molar-refractivity contribution in [2.45, 2.75) is 12.5 Å². The quantitative estimate of drug-likeness (QED) is 0.197. The van der Waals surface area contributed by atoms with Gasteiger partial charge in [-0.15, -0.1) is 0 Å². The Morgan fingerprint density at radius 1 is 0.750 bits per heavy atom. The van der Waals surface area contributed by atoms with Crippen molar-refractivity contribution in [2.75, 3.05) is 0 Å². The molecular formula is C27H21N3O2. The molecule has 4 aromatic carbocycles. The number of rotatable bonds is 5. The molecule has 0 radical (unpaired) electrons. The van der Waals surface area contributed by atoms with E-state index in [1.54, 1.807) is 18.2 Å². The van der Waals surface area contributed by atoms with Crippen LogP contribution in [0.15, 0.2) is 109 Å². The third-order valence-electron chi connectivity index (χ3n) is 5.95. The largest absolute Gasteiger partial charge is 0.270 e. The second kappa shape index (κ2) is 7.78. The van der Waals surface area contributed by atoms with E-state index in [0.29, 0.717) is 0 Å². The number of aromatic nitrogens is 2. The summed E-state index contributed by atoms with van der Waals surface area (Å²) in [5.41, 5.74) is 4.05. The standard InChI is InChI=1S/C27H21N3O2/c1-20-25-19-24(30(31)32)17-18-26(25)29(28-20)27(21-11-5-2-6-12-21,22-13-7-3-8-14-22)23-15-9-4-10-16-23/h2-19H,1H3. The summed E-state index contributed by atoms with van der Waals surface area (Å²) in [7, 11) is 0. The second-order valence-corrected chi connectivity index (χ2v) is 7.76. The molecule has 0 N–H and O–H groups in total. The molecule has 0 aliphatic rings. The first-order valence-corrected chi connectivity index (χ1v) is 10.4. The highest BCUT2D eigenvalue weighted by atomic mass is 16.6. The summed E-state index contributed by atoms with van der Waals surface area (Å²) < 4.78 is 2.02. The van der Waals surface area contributed by atoms with E-state index < -0.39 is 5.54 Å². The van der Waals surface area contributed by atoms with Crippen LogP contribution >= 0.6 is 0 Å². The van der Waals surface area contributed by atoms with Gasteiger partial charge in [0.2, 0.25) is 0 Å². The number of non-ortho nitro benzene ring substituents is 1. The van der Waals surface area contributed by atoms with Gasteiger partial charge in [-0.2, -0.15) is 5.10 Å². The van der Waals surface area contributed by atoms with E-state index in [4.69, 9.17) is 5.10 Å². The summed E-state index contributed by atoms with van der Waals surface area (Å²) in [6, 6.07) is 35.8. The van der Waals surface area contributed by atoms with Crippen molar-refractivity contribution in [1.29, 1.82) is 0 Å². The first kappa shape index (κ1) is 19.7. The highest BCUT2D eigenvalue weighted by molar-refractivity contribution is 5.85. The second-order valence-electron chi connectivity index (χ2n) is 7.76. The fraction of sp³-hybridized carbons (Fsp3) is 0.0741. The van der Waals surface area contributed by atoms with Gasteiger partial charge < -0.3 is 0 Å². The van der Waals surface area contributed by atoms with Crippen LogP contribution in [-0.2, 0) is 5.54 Å². The van der Waals surface area contributed by atoms with Crippen LogP contribution in [-0.4, -0.2) is 14.7 Å². The van der Waals surface area contributed by atoms with Gasteiger partial charge in [-0.3, -0.25) is 10.1 Å². The first-order valence-electron chi connectivity index (χ1n) is 10.4. The summed E-state index contributed by atoms with van der Waals surface area (Å²) in [4.78, 5) is 11.0. The van der Waals surface area contributed by atoms with Crippen molar-refractivity contribution in [2.24, 2.45) is 0 Å². The molecule has 0 saturated heterocycles. The lowest BCUT2D eigenvalue weighted by molar-refractivity contribution is -0.384. The Morgan fingerprint density at radius 2 is 1.22 bits per heavy atom. The lowest BCUT2D eigenvalue weighted by Crippen LogP contribution is -2.38. The molecule has 0 fully saturated rings. The summed E-state index contributed by atoms with van der Waals surface area (Å²) in [5.74, 6) is 0. The first-order chi connectivity index (χ1) is 15.6. The summed E-state index contributed by atoms with van der Waals surface area (Å²) in [6.07, 6.45) is 0. The Balaban J connectivity index is 1.95. The van der Waals surface area contributed by atoms with Crippen LogP contribution in [0.5, 0.6) is 0 Å².